The van der Waals surface area contributed by atoms with Crippen LogP contribution < -0.4 is 0 Å². The maximum absolute atomic E-state index is 9.94. The number of aliphatic hydroxyl groups excluding tert-OH is 2. The van der Waals surface area contributed by atoms with E-state index in [0.29, 0.717) is 0 Å². The second-order valence-electron chi connectivity index (χ2n) is 4.52. The lowest BCUT2D eigenvalue weighted by molar-refractivity contribution is -0.272. The van der Waals surface area contributed by atoms with Gasteiger partial charge in [-0.1, -0.05) is 0 Å². The molecule has 5 atom stereocenters. The van der Waals surface area contributed by atoms with Crippen molar-refractivity contribution in [1.82, 2.24) is 0 Å². The van der Waals surface area contributed by atoms with Crippen LogP contribution in [0.3, 0.4) is 0 Å². The fraction of sp³-hybridized carbons (Fsp3) is 1.00. The molecule has 0 aliphatic carbocycles. The Kier molecular flexibility index (Phi) is 3.22. The Morgan fingerprint density at radius 1 is 1.25 bits per heavy atom. The highest BCUT2D eigenvalue weighted by Gasteiger charge is 2.54. The molecule has 2 aliphatic heterocycles. The molecular formula is C10H18O6. The third-order valence-corrected chi connectivity index (χ3v) is 2.87. The third-order valence-electron chi connectivity index (χ3n) is 2.87. The molecule has 2 aliphatic rings. The summed E-state index contributed by atoms with van der Waals surface area (Å²) in [6.07, 6.45) is -3.26. The molecule has 2 rings (SSSR count). The van der Waals surface area contributed by atoms with Gasteiger partial charge in [0, 0.05) is 7.11 Å². The monoisotopic (exact) mass is 234 g/mol. The summed E-state index contributed by atoms with van der Waals surface area (Å²) in [6, 6.07) is 0. The van der Waals surface area contributed by atoms with Gasteiger partial charge in [-0.25, -0.2) is 0 Å². The van der Waals surface area contributed by atoms with Gasteiger partial charge < -0.3 is 29.2 Å². The first kappa shape index (κ1) is 12.2. The van der Waals surface area contributed by atoms with Crippen LogP contribution in [0, 0.1) is 0 Å². The van der Waals surface area contributed by atoms with Gasteiger partial charge in [0.05, 0.1) is 6.61 Å². The number of methoxy groups -OCH3 is 1. The van der Waals surface area contributed by atoms with Crippen molar-refractivity contribution in [1.29, 1.82) is 0 Å². The Labute approximate surface area is 94.1 Å². The molecule has 0 aromatic carbocycles. The molecule has 0 aromatic heterocycles. The Bertz CT molecular complexity index is 256. The first-order valence-electron chi connectivity index (χ1n) is 5.31. The average molecular weight is 234 g/mol. The van der Waals surface area contributed by atoms with Crippen LogP contribution in [0.15, 0.2) is 0 Å². The molecule has 0 unspecified atom stereocenters. The van der Waals surface area contributed by atoms with Gasteiger partial charge >= 0.3 is 0 Å². The maximum Gasteiger partial charge on any atom is 0.186 e. The van der Waals surface area contributed by atoms with E-state index in [1.807, 2.05) is 0 Å². The van der Waals surface area contributed by atoms with E-state index in [0.717, 1.165) is 0 Å². The van der Waals surface area contributed by atoms with Crippen LogP contribution >= 0.6 is 0 Å². The standard InChI is InChI=1S/C10H18O6/c1-10(2)15-7-6(12)5(4-11)14-9(13-3)8(7)16-10/h5-9,11-12H,4H2,1-3H3/t5-,6+,7+,8-,9-/m1/s1. The van der Waals surface area contributed by atoms with Crippen LogP contribution in [0.1, 0.15) is 13.8 Å². The van der Waals surface area contributed by atoms with Crippen LogP contribution in [0.5, 0.6) is 0 Å². The minimum atomic E-state index is -0.914. The molecule has 6 nitrogen and oxygen atoms in total. The van der Waals surface area contributed by atoms with Crippen LogP contribution in [0.25, 0.3) is 0 Å². The van der Waals surface area contributed by atoms with Gasteiger partial charge in [0.15, 0.2) is 12.1 Å². The van der Waals surface area contributed by atoms with Crippen molar-refractivity contribution in [2.24, 2.45) is 0 Å². The molecule has 6 heteroatoms. The molecule has 2 saturated heterocycles. The van der Waals surface area contributed by atoms with Gasteiger partial charge in [-0.05, 0) is 13.8 Å². The van der Waals surface area contributed by atoms with Crippen LogP contribution in [0.4, 0.5) is 0 Å². The number of rotatable bonds is 2. The third kappa shape index (κ3) is 1.97. The fourth-order valence-corrected chi connectivity index (χ4v) is 2.17. The van der Waals surface area contributed by atoms with Crippen LogP contribution in [-0.2, 0) is 18.9 Å². The zero-order valence-electron chi connectivity index (χ0n) is 9.62. The molecule has 0 bridgehead atoms. The SMILES string of the molecule is CO[C@@H]1O[C@H](CO)[C@H](O)[C@@H]2OC(C)(C)O[C@@H]12. The van der Waals surface area contributed by atoms with Gasteiger partial charge in [0.1, 0.15) is 24.4 Å². The molecule has 94 valence electrons. The van der Waals surface area contributed by atoms with E-state index in [9.17, 15) is 5.11 Å². The molecule has 2 N–H and O–H groups in total. The molecule has 0 radical (unpaired) electrons. The topological polar surface area (TPSA) is 77.4 Å². The number of fused-ring (bicyclic) bond motifs is 1. The summed E-state index contributed by atoms with van der Waals surface area (Å²) in [4.78, 5) is 0. The van der Waals surface area contributed by atoms with Crippen molar-refractivity contribution in [3.63, 3.8) is 0 Å². The molecule has 0 amide bonds. The highest BCUT2D eigenvalue weighted by atomic mass is 16.8. The quantitative estimate of drug-likeness (QED) is 0.653. The summed E-state index contributed by atoms with van der Waals surface area (Å²) in [6.45, 7) is 3.24. The van der Waals surface area contributed by atoms with Gasteiger partial charge in [0.25, 0.3) is 0 Å². The van der Waals surface area contributed by atoms with Crippen LogP contribution in [0.2, 0.25) is 0 Å². The van der Waals surface area contributed by atoms with Crippen molar-refractivity contribution in [2.45, 2.75) is 50.3 Å². The molecule has 0 aromatic rings. The van der Waals surface area contributed by atoms with Gasteiger partial charge in [-0.3, -0.25) is 0 Å². The number of aliphatic hydroxyl groups is 2. The zero-order valence-corrected chi connectivity index (χ0v) is 9.62. The highest BCUT2D eigenvalue weighted by molar-refractivity contribution is 4.95. The fourth-order valence-electron chi connectivity index (χ4n) is 2.17. The second-order valence-corrected chi connectivity index (χ2v) is 4.52. The van der Waals surface area contributed by atoms with Crippen LogP contribution in [-0.4, -0.2) is 60.4 Å². The number of ether oxygens (including phenoxy) is 4. The minimum absolute atomic E-state index is 0.284. The number of hydrogen-bond acceptors (Lipinski definition) is 6. The van der Waals surface area contributed by atoms with Gasteiger partial charge in [-0.15, -0.1) is 0 Å². The predicted octanol–water partition coefficient (Wildman–Crippen LogP) is -0.769. The first-order chi connectivity index (χ1) is 7.48. The molecule has 2 fully saturated rings. The summed E-state index contributed by atoms with van der Waals surface area (Å²) in [5.74, 6) is -0.777. The number of hydrogen-bond donors (Lipinski definition) is 2. The molecular weight excluding hydrogens is 216 g/mol. The second kappa shape index (κ2) is 4.21. The maximum atomic E-state index is 9.94. The Balaban J connectivity index is 2.18. The smallest absolute Gasteiger partial charge is 0.186 e. The van der Waals surface area contributed by atoms with Gasteiger partial charge in [-0.2, -0.15) is 0 Å². The zero-order chi connectivity index (χ0) is 11.9. The van der Waals surface area contributed by atoms with E-state index >= 15 is 0 Å². The normalized spacial score (nSPS) is 46.7. The lowest BCUT2D eigenvalue weighted by atomic mass is 9.99. The molecule has 16 heavy (non-hydrogen) atoms. The lowest BCUT2D eigenvalue weighted by Gasteiger charge is -2.38. The largest absolute Gasteiger partial charge is 0.394 e. The Hall–Kier alpha value is -0.240. The van der Waals surface area contributed by atoms with Crippen molar-refractivity contribution in [2.75, 3.05) is 13.7 Å². The summed E-state index contributed by atoms with van der Waals surface area (Å²) >= 11 is 0. The lowest BCUT2D eigenvalue weighted by Crippen LogP contribution is -2.57. The van der Waals surface area contributed by atoms with Crippen molar-refractivity contribution in [3.05, 3.63) is 0 Å². The minimum Gasteiger partial charge on any atom is -0.394 e. The summed E-state index contributed by atoms with van der Waals surface area (Å²) < 4.78 is 21.7. The van der Waals surface area contributed by atoms with E-state index in [2.05, 4.69) is 0 Å². The summed E-state index contributed by atoms with van der Waals surface area (Å²) in [5.41, 5.74) is 0. The first-order valence-corrected chi connectivity index (χ1v) is 5.31. The van der Waals surface area contributed by atoms with Crippen molar-refractivity contribution >= 4 is 0 Å². The molecule has 2 heterocycles. The van der Waals surface area contributed by atoms with E-state index in [1.165, 1.54) is 7.11 Å². The van der Waals surface area contributed by atoms with E-state index in [1.54, 1.807) is 13.8 Å². The molecule has 0 saturated carbocycles. The van der Waals surface area contributed by atoms with E-state index in [4.69, 9.17) is 24.1 Å². The van der Waals surface area contributed by atoms with Crippen molar-refractivity contribution in [3.8, 4) is 0 Å². The average Bonchev–Trinajstić information content (AvgIpc) is 2.55. The Morgan fingerprint density at radius 2 is 1.88 bits per heavy atom. The summed E-state index contributed by atoms with van der Waals surface area (Å²) in [7, 11) is 1.49. The predicted molar refractivity (Wildman–Crippen MR) is 52.6 cm³/mol. The van der Waals surface area contributed by atoms with E-state index < -0.39 is 36.5 Å². The van der Waals surface area contributed by atoms with Crippen molar-refractivity contribution < 1.29 is 29.2 Å². The van der Waals surface area contributed by atoms with E-state index in [-0.39, 0.29) is 6.61 Å². The van der Waals surface area contributed by atoms with Gasteiger partial charge in [0.2, 0.25) is 0 Å². The summed E-state index contributed by atoms with van der Waals surface area (Å²) in [5, 5.41) is 19.0. The Morgan fingerprint density at radius 3 is 2.44 bits per heavy atom. The highest BCUT2D eigenvalue weighted by Crippen LogP contribution is 2.37. The molecule has 0 spiro atoms.